The van der Waals surface area contributed by atoms with E-state index in [0.29, 0.717) is 23.4 Å². The highest BCUT2D eigenvalue weighted by atomic mass is 19.4. The number of benzene rings is 2. The average Bonchev–Trinajstić information content (AvgIpc) is 3.25. The van der Waals surface area contributed by atoms with Gasteiger partial charge >= 0.3 is 6.18 Å². The Morgan fingerprint density at radius 3 is 2.63 bits per heavy atom. The Morgan fingerprint density at radius 2 is 1.94 bits per heavy atom. The summed E-state index contributed by atoms with van der Waals surface area (Å²) >= 11 is 0. The first-order valence-electron chi connectivity index (χ1n) is 11.5. The molecular weight excluding hydrogens is 461 g/mol. The number of nitrogens with one attached hydrogen (secondary N) is 1. The monoisotopic (exact) mass is 490 g/mol. The lowest BCUT2D eigenvalue weighted by Gasteiger charge is -2.40. The number of alkyl halides is 3. The summed E-state index contributed by atoms with van der Waals surface area (Å²) in [6, 6.07) is 11.7. The van der Waals surface area contributed by atoms with Crippen LogP contribution in [0.5, 0.6) is 5.75 Å². The molecule has 35 heavy (non-hydrogen) atoms. The van der Waals surface area contributed by atoms with Crippen molar-refractivity contribution in [3.05, 3.63) is 77.1 Å². The van der Waals surface area contributed by atoms with Crippen molar-refractivity contribution in [3.8, 4) is 5.75 Å². The molecular formula is C25H29F3N4O3. The summed E-state index contributed by atoms with van der Waals surface area (Å²) in [5.74, 6) is 0.672. The molecule has 2 heterocycles. The van der Waals surface area contributed by atoms with Crippen molar-refractivity contribution in [1.82, 2.24) is 20.3 Å². The first kappa shape index (κ1) is 25.2. The van der Waals surface area contributed by atoms with E-state index >= 15 is 0 Å². The van der Waals surface area contributed by atoms with Gasteiger partial charge in [-0.05, 0) is 55.7 Å². The molecule has 2 aromatic carbocycles. The third-order valence-corrected chi connectivity index (χ3v) is 6.16. The fourth-order valence-corrected chi connectivity index (χ4v) is 4.51. The van der Waals surface area contributed by atoms with E-state index in [1.807, 2.05) is 38.1 Å². The molecule has 0 bridgehead atoms. The number of rotatable bonds is 7. The Balaban J connectivity index is 1.40. The van der Waals surface area contributed by atoms with Crippen molar-refractivity contribution in [3.63, 3.8) is 0 Å². The zero-order valence-electron chi connectivity index (χ0n) is 19.5. The second kappa shape index (κ2) is 9.96. The number of nitrogens with zero attached hydrogens (tertiary/aromatic N) is 3. The van der Waals surface area contributed by atoms with Gasteiger partial charge in [0.25, 0.3) is 0 Å². The molecule has 3 aromatic rings. The molecule has 1 aromatic heterocycles. The maximum atomic E-state index is 12.9. The number of piperidine rings is 1. The fraction of sp³-hybridized carbons (Fsp3) is 0.440. The molecule has 0 aliphatic carbocycles. The van der Waals surface area contributed by atoms with Gasteiger partial charge in [-0.3, -0.25) is 0 Å². The second-order valence-corrected chi connectivity index (χ2v) is 9.28. The number of aromatic nitrogens is 3. The van der Waals surface area contributed by atoms with E-state index in [-0.39, 0.29) is 31.7 Å². The van der Waals surface area contributed by atoms with E-state index in [9.17, 15) is 23.4 Å². The van der Waals surface area contributed by atoms with E-state index in [0.717, 1.165) is 17.7 Å². The van der Waals surface area contributed by atoms with Crippen LogP contribution < -0.4 is 10.1 Å². The van der Waals surface area contributed by atoms with Gasteiger partial charge in [-0.1, -0.05) is 29.5 Å². The van der Waals surface area contributed by atoms with Crippen LogP contribution in [-0.2, 0) is 18.3 Å². The Hall–Kier alpha value is -2.95. The molecule has 1 aliphatic rings. The topological polar surface area (TPSA) is 92.4 Å². The highest BCUT2D eigenvalue weighted by Gasteiger charge is 2.41. The minimum atomic E-state index is -4.43. The molecule has 4 rings (SSSR count). The van der Waals surface area contributed by atoms with Crippen molar-refractivity contribution < 1.29 is 28.1 Å². The van der Waals surface area contributed by atoms with Gasteiger partial charge in [-0.15, -0.1) is 5.10 Å². The van der Waals surface area contributed by atoms with Crippen LogP contribution in [0.1, 0.15) is 48.2 Å². The lowest BCUT2D eigenvalue weighted by Crippen LogP contribution is -2.47. The van der Waals surface area contributed by atoms with Crippen molar-refractivity contribution in [2.45, 2.75) is 63.2 Å². The van der Waals surface area contributed by atoms with Crippen LogP contribution >= 0.6 is 0 Å². The highest BCUT2D eigenvalue weighted by molar-refractivity contribution is 5.30. The SMILES string of the molecule is Cc1cccc(OCC(O)Cn2cc([C@@H]3CC(O)(c4ccc(C(F)(F)F)cc4)C[C@H](C)N3)nn2)c1. The molecule has 0 radical (unpaired) electrons. The largest absolute Gasteiger partial charge is 0.491 e. The third-order valence-electron chi connectivity index (χ3n) is 6.16. The molecule has 4 atom stereocenters. The number of aliphatic hydroxyl groups excluding tert-OH is 1. The van der Waals surface area contributed by atoms with Crippen LogP contribution in [0.2, 0.25) is 0 Å². The summed E-state index contributed by atoms with van der Waals surface area (Å²) in [4.78, 5) is 0. The van der Waals surface area contributed by atoms with Gasteiger partial charge in [0.1, 0.15) is 18.5 Å². The predicted octanol–water partition coefficient (Wildman–Crippen LogP) is 3.75. The number of hydrogen-bond donors (Lipinski definition) is 3. The molecule has 1 saturated heterocycles. The summed E-state index contributed by atoms with van der Waals surface area (Å²) in [6.07, 6.45) is -2.98. The van der Waals surface area contributed by atoms with E-state index in [1.54, 1.807) is 6.20 Å². The van der Waals surface area contributed by atoms with Gasteiger partial charge in [0.05, 0.1) is 35.6 Å². The van der Waals surface area contributed by atoms with E-state index in [1.165, 1.54) is 16.8 Å². The molecule has 3 N–H and O–H groups in total. The van der Waals surface area contributed by atoms with Crippen LogP contribution in [0, 0.1) is 6.92 Å². The quantitative estimate of drug-likeness (QED) is 0.467. The van der Waals surface area contributed by atoms with Gasteiger partial charge in [-0.25, -0.2) is 4.68 Å². The van der Waals surface area contributed by atoms with Gasteiger partial charge < -0.3 is 20.3 Å². The maximum absolute atomic E-state index is 12.9. The zero-order chi connectivity index (χ0) is 25.2. The lowest BCUT2D eigenvalue weighted by atomic mass is 9.78. The molecule has 0 spiro atoms. The molecule has 2 unspecified atom stereocenters. The smallest absolute Gasteiger partial charge is 0.416 e. The molecule has 188 valence electrons. The van der Waals surface area contributed by atoms with Crippen molar-refractivity contribution in [2.75, 3.05) is 6.61 Å². The fourth-order valence-electron chi connectivity index (χ4n) is 4.51. The summed E-state index contributed by atoms with van der Waals surface area (Å²) < 4.78 is 45.9. The van der Waals surface area contributed by atoms with Crippen LogP contribution in [0.3, 0.4) is 0 Å². The number of hydrogen-bond acceptors (Lipinski definition) is 6. The second-order valence-electron chi connectivity index (χ2n) is 9.28. The first-order chi connectivity index (χ1) is 16.5. The number of halogens is 3. The van der Waals surface area contributed by atoms with E-state index < -0.39 is 23.4 Å². The van der Waals surface area contributed by atoms with Crippen LogP contribution in [0.15, 0.2) is 54.7 Å². The van der Waals surface area contributed by atoms with Crippen molar-refractivity contribution in [2.24, 2.45) is 0 Å². The Bertz CT molecular complexity index is 1140. The molecule has 10 heteroatoms. The number of ether oxygens (including phenoxy) is 1. The van der Waals surface area contributed by atoms with Crippen LogP contribution in [0.4, 0.5) is 13.2 Å². The van der Waals surface area contributed by atoms with E-state index in [4.69, 9.17) is 4.74 Å². The Morgan fingerprint density at radius 1 is 1.20 bits per heavy atom. The van der Waals surface area contributed by atoms with E-state index in [2.05, 4.69) is 15.6 Å². The maximum Gasteiger partial charge on any atom is 0.416 e. The lowest BCUT2D eigenvalue weighted by molar-refractivity contribution is -0.137. The summed E-state index contributed by atoms with van der Waals surface area (Å²) in [7, 11) is 0. The molecule has 1 fully saturated rings. The van der Waals surface area contributed by atoms with Gasteiger partial charge in [-0.2, -0.15) is 13.2 Å². The summed E-state index contributed by atoms with van der Waals surface area (Å²) in [6.45, 7) is 4.12. The Labute approximate surface area is 201 Å². The third kappa shape index (κ3) is 6.19. The van der Waals surface area contributed by atoms with Crippen LogP contribution in [0.25, 0.3) is 0 Å². The number of aliphatic hydroxyl groups is 2. The average molecular weight is 491 g/mol. The molecule has 7 nitrogen and oxygen atoms in total. The highest BCUT2D eigenvalue weighted by Crippen LogP contribution is 2.40. The minimum absolute atomic E-state index is 0.0883. The molecule has 0 saturated carbocycles. The van der Waals surface area contributed by atoms with Gasteiger partial charge in [0.15, 0.2) is 0 Å². The molecule has 1 aliphatic heterocycles. The summed E-state index contributed by atoms with van der Waals surface area (Å²) in [5, 5.41) is 33.4. The van der Waals surface area contributed by atoms with Gasteiger partial charge in [0, 0.05) is 12.5 Å². The predicted molar refractivity (Wildman–Crippen MR) is 123 cm³/mol. The molecule has 0 amide bonds. The summed E-state index contributed by atoms with van der Waals surface area (Å²) in [5.41, 5.74) is -0.00184. The number of aryl methyl sites for hydroxylation is 1. The van der Waals surface area contributed by atoms with Crippen molar-refractivity contribution in [1.29, 1.82) is 0 Å². The van der Waals surface area contributed by atoms with Crippen LogP contribution in [-0.4, -0.2) is 44.0 Å². The Kier molecular flexibility index (Phi) is 7.16. The van der Waals surface area contributed by atoms with Crippen molar-refractivity contribution >= 4 is 0 Å². The van der Waals surface area contributed by atoms with Gasteiger partial charge in [0.2, 0.25) is 0 Å². The standard InChI is InChI=1S/C25H29F3N4O3/c1-16-4-3-5-21(10-16)35-15-20(33)13-32-14-23(30-31-32)22-12-24(34,11-17(2)29-22)18-6-8-19(9-7-18)25(26,27)28/h3-10,14,17,20,22,29,33-34H,11-13,15H2,1-2H3/t17-,20?,22-,24?/m0/s1. The zero-order valence-corrected chi connectivity index (χ0v) is 19.5. The normalized spacial score (nSPS) is 23.7. The first-order valence-corrected chi connectivity index (χ1v) is 11.5. The minimum Gasteiger partial charge on any atom is -0.491 e.